The summed E-state index contributed by atoms with van der Waals surface area (Å²) < 4.78 is 0. The number of carboxylic acids is 1. The fourth-order valence-electron chi connectivity index (χ4n) is 1.02. The van der Waals surface area contributed by atoms with Gasteiger partial charge in [-0.05, 0) is 19.3 Å². The second-order valence-electron chi connectivity index (χ2n) is 2.61. The van der Waals surface area contributed by atoms with Crippen molar-refractivity contribution in [2.24, 2.45) is 5.92 Å². The second kappa shape index (κ2) is 6.00. The van der Waals surface area contributed by atoms with Crippen molar-refractivity contribution in [1.29, 1.82) is 0 Å². The maximum Gasteiger partial charge on any atom is 0.372 e. The lowest BCUT2D eigenvalue weighted by molar-refractivity contribution is -0.151. The fourth-order valence-corrected chi connectivity index (χ4v) is 1.17. The monoisotopic (exact) mass is 192 g/mol. The first-order chi connectivity index (χ1) is 5.63. The summed E-state index contributed by atoms with van der Waals surface area (Å²) in [5.41, 5.74) is 0. The summed E-state index contributed by atoms with van der Waals surface area (Å²) in [6, 6.07) is 0. The number of halogens is 1. The first-order valence-corrected chi connectivity index (χ1v) is 4.50. The van der Waals surface area contributed by atoms with Crippen molar-refractivity contribution in [2.45, 2.75) is 26.2 Å². The number of carbonyl (C=O) groups excluding carboxylic acids is 1. The highest BCUT2D eigenvalue weighted by Gasteiger charge is 2.22. The van der Waals surface area contributed by atoms with Gasteiger partial charge in [0.2, 0.25) is 5.78 Å². The fraction of sp³-hybridized carbons (Fsp3) is 0.750. The summed E-state index contributed by atoms with van der Waals surface area (Å²) in [5, 5.41) is 8.40. The van der Waals surface area contributed by atoms with Crippen molar-refractivity contribution >= 4 is 23.4 Å². The summed E-state index contributed by atoms with van der Waals surface area (Å²) in [6.07, 6.45) is 1.84. The van der Waals surface area contributed by atoms with E-state index in [-0.39, 0.29) is 5.92 Å². The molecule has 0 radical (unpaired) electrons. The molecule has 0 bridgehead atoms. The van der Waals surface area contributed by atoms with Crippen LogP contribution >= 0.6 is 11.6 Å². The molecular formula is C8H13ClO3. The Bertz CT molecular complexity index is 168. The zero-order valence-electron chi connectivity index (χ0n) is 7.05. The third-order valence-corrected chi connectivity index (χ3v) is 2.03. The van der Waals surface area contributed by atoms with Gasteiger partial charge in [-0.3, -0.25) is 4.79 Å². The number of hydrogen-bond donors (Lipinski definition) is 1. The van der Waals surface area contributed by atoms with Crippen LogP contribution in [0.25, 0.3) is 0 Å². The third kappa shape index (κ3) is 3.72. The average molecular weight is 193 g/mol. The zero-order valence-corrected chi connectivity index (χ0v) is 7.80. The molecule has 0 aromatic heterocycles. The number of Topliss-reactive ketones (excluding diaryl/α,β-unsaturated/α-hetero) is 1. The van der Waals surface area contributed by atoms with Gasteiger partial charge in [0.15, 0.2) is 0 Å². The smallest absolute Gasteiger partial charge is 0.372 e. The predicted molar refractivity (Wildman–Crippen MR) is 46.4 cm³/mol. The van der Waals surface area contributed by atoms with Crippen LogP contribution in [0.4, 0.5) is 0 Å². The van der Waals surface area contributed by atoms with Gasteiger partial charge in [-0.15, -0.1) is 11.6 Å². The van der Waals surface area contributed by atoms with E-state index in [0.717, 1.165) is 0 Å². The molecule has 0 aliphatic heterocycles. The van der Waals surface area contributed by atoms with Crippen LogP contribution in [0.1, 0.15) is 26.2 Å². The molecule has 0 fully saturated rings. The van der Waals surface area contributed by atoms with E-state index in [2.05, 4.69) is 0 Å². The maximum atomic E-state index is 10.9. The molecule has 0 saturated carbocycles. The summed E-state index contributed by atoms with van der Waals surface area (Å²) in [5.74, 6) is -1.91. The molecule has 0 amide bonds. The van der Waals surface area contributed by atoms with Crippen molar-refractivity contribution in [1.82, 2.24) is 0 Å². The van der Waals surface area contributed by atoms with Gasteiger partial charge in [0, 0.05) is 11.8 Å². The van der Waals surface area contributed by atoms with Gasteiger partial charge in [-0.25, -0.2) is 4.79 Å². The van der Waals surface area contributed by atoms with Gasteiger partial charge in [-0.2, -0.15) is 0 Å². The van der Waals surface area contributed by atoms with Crippen LogP contribution in [0.3, 0.4) is 0 Å². The maximum absolute atomic E-state index is 10.9. The Morgan fingerprint density at radius 1 is 1.50 bits per heavy atom. The Kier molecular flexibility index (Phi) is 5.72. The van der Waals surface area contributed by atoms with Crippen molar-refractivity contribution in [3.8, 4) is 0 Å². The minimum Gasteiger partial charge on any atom is -0.475 e. The number of carboxylic acid groups (broad SMARTS) is 1. The van der Waals surface area contributed by atoms with Crippen LogP contribution in [0, 0.1) is 5.92 Å². The molecule has 12 heavy (non-hydrogen) atoms. The number of aliphatic carboxylic acids is 1. The lowest BCUT2D eigenvalue weighted by atomic mass is 9.96. The highest BCUT2D eigenvalue weighted by Crippen LogP contribution is 2.12. The van der Waals surface area contributed by atoms with E-state index < -0.39 is 11.8 Å². The number of carbonyl (C=O) groups is 2. The molecule has 4 heteroatoms. The van der Waals surface area contributed by atoms with Crippen molar-refractivity contribution in [3.63, 3.8) is 0 Å². The van der Waals surface area contributed by atoms with Crippen molar-refractivity contribution < 1.29 is 14.7 Å². The van der Waals surface area contributed by atoms with Gasteiger partial charge in [-0.1, -0.05) is 6.92 Å². The summed E-state index contributed by atoms with van der Waals surface area (Å²) in [4.78, 5) is 21.2. The van der Waals surface area contributed by atoms with Crippen LogP contribution in [0.15, 0.2) is 0 Å². The summed E-state index contributed by atoms with van der Waals surface area (Å²) in [7, 11) is 0. The molecule has 0 aromatic rings. The number of hydrogen-bond acceptors (Lipinski definition) is 2. The lowest BCUT2D eigenvalue weighted by Gasteiger charge is -2.08. The van der Waals surface area contributed by atoms with Gasteiger partial charge in [0.05, 0.1) is 0 Å². The largest absolute Gasteiger partial charge is 0.475 e. The molecule has 3 nitrogen and oxygen atoms in total. The Balaban J connectivity index is 3.96. The van der Waals surface area contributed by atoms with Gasteiger partial charge in [0.25, 0.3) is 0 Å². The summed E-state index contributed by atoms with van der Waals surface area (Å²) in [6.45, 7) is 1.81. The van der Waals surface area contributed by atoms with E-state index in [1.54, 1.807) is 6.92 Å². The predicted octanol–water partition coefficient (Wildman–Crippen LogP) is 1.69. The van der Waals surface area contributed by atoms with E-state index >= 15 is 0 Å². The molecule has 0 aliphatic carbocycles. The molecule has 1 unspecified atom stereocenters. The van der Waals surface area contributed by atoms with Crippen LogP contribution in [0.5, 0.6) is 0 Å². The van der Waals surface area contributed by atoms with Gasteiger partial charge in [0.1, 0.15) is 0 Å². The number of rotatable bonds is 6. The van der Waals surface area contributed by atoms with E-state index in [1.165, 1.54) is 0 Å². The molecule has 0 heterocycles. The SMILES string of the molecule is CCC(CCCCl)C(=O)C(=O)O. The molecule has 0 rings (SSSR count). The van der Waals surface area contributed by atoms with Crippen molar-refractivity contribution in [2.75, 3.05) is 5.88 Å². The van der Waals surface area contributed by atoms with Crippen LogP contribution in [-0.2, 0) is 9.59 Å². The highest BCUT2D eigenvalue weighted by molar-refractivity contribution is 6.33. The Morgan fingerprint density at radius 2 is 2.08 bits per heavy atom. The minimum atomic E-state index is -1.34. The normalized spacial score (nSPS) is 12.5. The zero-order chi connectivity index (χ0) is 9.56. The second-order valence-corrected chi connectivity index (χ2v) is 2.98. The first kappa shape index (κ1) is 11.4. The van der Waals surface area contributed by atoms with Crippen LogP contribution < -0.4 is 0 Å². The van der Waals surface area contributed by atoms with E-state index in [1.807, 2.05) is 0 Å². The standard InChI is InChI=1S/C8H13ClO3/c1-2-6(4-3-5-9)7(10)8(11)12/h6H,2-5H2,1H3,(H,11,12). The molecule has 1 atom stereocenters. The van der Waals surface area contributed by atoms with Crippen LogP contribution in [-0.4, -0.2) is 22.7 Å². The highest BCUT2D eigenvalue weighted by atomic mass is 35.5. The number of ketones is 1. The molecule has 0 aliphatic rings. The lowest BCUT2D eigenvalue weighted by Crippen LogP contribution is -2.22. The van der Waals surface area contributed by atoms with Crippen LogP contribution in [0.2, 0.25) is 0 Å². The number of alkyl halides is 1. The quantitative estimate of drug-likeness (QED) is 0.515. The minimum absolute atomic E-state index is 0.360. The van der Waals surface area contributed by atoms with Gasteiger partial charge >= 0.3 is 5.97 Å². The van der Waals surface area contributed by atoms with E-state index in [0.29, 0.717) is 25.1 Å². The molecule has 1 N–H and O–H groups in total. The summed E-state index contributed by atoms with van der Waals surface area (Å²) >= 11 is 5.43. The topological polar surface area (TPSA) is 54.4 Å². The first-order valence-electron chi connectivity index (χ1n) is 3.96. The Labute approximate surface area is 76.7 Å². The third-order valence-electron chi connectivity index (χ3n) is 1.76. The Hall–Kier alpha value is -0.570. The molecular weight excluding hydrogens is 180 g/mol. The molecule has 0 aromatic carbocycles. The molecule has 70 valence electrons. The van der Waals surface area contributed by atoms with Crippen molar-refractivity contribution in [3.05, 3.63) is 0 Å². The molecule has 0 saturated heterocycles. The molecule has 0 spiro atoms. The Morgan fingerprint density at radius 3 is 2.42 bits per heavy atom. The average Bonchev–Trinajstić information content (AvgIpc) is 2.05. The van der Waals surface area contributed by atoms with E-state index in [9.17, 15) is 9.59 Å². The van der Waals surface area contributed by atoms with E-state index in [4.69, 9.17) is 16.7 Å². The van der Waals surface area contributed by atoms with Gasteiger partial charge < -0.3 is 5.11 Å².